The molecule has 1 aromatic carbocycles. The van der Waals surface area contributed by atoms with Gasteiger partial charge in [-0.05, 0) is 24.8 Å². The van der Waals surface area contributed by atoms with Crippen LogP contribution in [0.4, 0.5) is 0 Å². The van der Waals surface area contributed by atoms with Crippen LogP contribution >= 0.6 is 15.9 Å². The Hall–Kier alpha value is -0.380. The van der Waals surface area contributed by atoms with E-state index in [4.69, 9.17) is 0 Å². The SMILES string of the molecule is BrC1CCC2NC(c3ccccc3)NC2C1. The zero-order valence-corrected chi connectivity index (χ0v) is 10.8. The minimum absolute atomic E-state index is 0.342. The lowest BCUT2D eigenvalue weighted by Gasteiger charge is -2.27. The van der Waals surface area contributed by atoms with Gasteiger partial charge in [-0.15, -0.1) is 0 Å². The van der Waals surface area contributed by atoms with Crippen LogP contribution < -0.4 is 10.6 Å². The number of hydrogen-bond donors (Lipinski definition) is 2. The van der Waals surface area contributed by atoms with Gasteiger partial charge < -0.3 is 0 Å². The van der Waals surface area contributed by atoms with Crippen molar-refractivity contribution in [3.63, 3.8) is 0 Å². The molecule has 0 aromatic heterocycles. The van der Waals surface area contributed by atoms with Crippen molar-refractivity contribution in [3.05, 3.63) is 35.9 Å². The normalized spacial score (nSPS) is 38.3. The molecule has 2 N–H and O–H groups in total. The number of alkyl halides is 1. The van der Waals surface area contributed by atoms with Gasteiger partial charge in [-0.1, -0.05) is 46.3 Å². The molecule has 1 aliphatic heterocycles. The van der Waals surface area contributed by atoms with Crippen LogP contribution in [0.3, 0.4) is 0 Å². The first kappa shape index (κ1) is 10.8. The Bertz CT molecular complexity index is 354. The highest BCUT2D eigenvalue weighted by atomic mass is 79.9. The predicted molar refractivity (Wildman–Crippen MR) is 69.6 cm³/mol. The van der Waals surface area contributed by atoms with Crippen molar-refractivity contribution in [2.75, 3.05) is 0 Å². The highest BCUT2D eigenvalue weighted by Crippen LogP contribution is 2.31. The molecule has 1 saturated heterocycles. The Labute approximate surface area is 105 Å². The predicted octanol–water partition coefficient (Wildman–Crippen LogP) is 2.56. The maximum absolute atomic E-state index is 3.73. The van der Waals surface area contributed by atoms with E-state index in [1.165, 1.54) is 24.8 Å². The number of fused-ring (bicyclic) bond motifs is 1. The fourth-order valence-electron chi connectivity index (χ4n) is 2.82. The molecule has 1 aliphatic carbocycles. The van der Waals surface area contributed by atoms with Gasteiger partial charge in [0.15, 0.2) is 0 Å². The molecule has 4 unspecified atom stereocenters. The molecule has 0 bridgehead atoms. The second-order valence-electron chi connectivity index (χ2n) is 4.80. The number of nitrogens with one attached hydrogen (secondary N) is 2. The number of rotatable bonds is 1. The summed E-state index contributed by atoms with van der Waals surface area (Å²) >= 11 is 3.73. The van der Waals surface area contributed by atoms with Gasteiger partial charge in [-0.2, -0.15) is 0 Å². The molecule has 0 amide bonds. The van der Waals surface area contributed by atoms with Crippen LogP contribution in [0.15, 0.2) is 30.3 Å². The highest BCUT2D eigenvalue weighted by molar-refractivity contribution is 9.09. The van der Waals surface area contributed by atoms with Crippen LogP contribution in [-0.4, -0.2) is 16.9 Å². The van der Waals surface area contributed by atoms with Gasteiger partial charge in [0.05, 0.1) is 6.17 Å². The molecule has 2 nitrogen and oxygen atoms in total. The Morgan fingerprint density at radius 2 is 1.75 bits per heavy atom. The monoisotopic (exact) mass is 280 g/mol. The Kier molecular flexibility index (Phi) is 3.01. The third-order valence-corrected chi connectivity index (χ3v) is 4.51. The van der Waals surface area contributed by atoms with E-state index in [0.29, 0.717) is 23.1 Å². The summed E-state index contributed by atoms with van der Waals surface area (Å²) in [6.45, 7) is 0. The first-order chi connectivity index (χ1) is 7.83. The van der Waals surface area contributed by atoms with Gasteiger partial charge in [-0.25, -0.2) is 0 Å². The maximum Gasteiger partial charge on any atom is 0.0840 e. The summed E-state index contributed by atoms with van der Waals surface area (Å²) < 4.78 is 0. The van der Waals surface area contributed by atoms with Crippen LogP contribution in [0.5, 0.6) is 0 Å². The van der Waals surface area contributed by atoms with Crippen molar-refractivity contribution in [2.24, 2.45) is 0 Å². The Morgan fingerprint density at radius 3 is 2.56 bits per heavy atom. The van der Waals surface area contributed by atoms with Crippen LogP contribution in [0.2, 0.25) is 0 Å². The van der Waals surface area contributed by atoms with E-state index in [1.54, 1.807) is 0 Å². The van der Waals surface area contributed by atoms with Crippen molar-refractivity contribution in [3.8, 4) is 0 Å². The van der Waals surface area contributed by atoms with Gasteiger partial charge in [-0.3, -0.25) is 10.6 Å². The van der Waals surface area contributed by atoms with E-state index in [9.17, 15) is 0 Å². The summed E-state index contributed by atoms with van der Waals surface area (Å²) in [5, 5.41) is 7.40. The van der Waals surface area contributed by atoms with E-state index in [1.807, 2.05) is 0 Å². The van der Waals surface area contributed by atoms with Gasteiger partial charge >= 0.3 is 0 Å². The Balaban J connectivity index is 1.73. The molecule has 1 aromatic rings. The van der Waals surface area contributed by atoms with Crippen molar-refractivity contribution >= 4 is 15.9 Å². The van der Waals surface area contributed by atoms with E-state index in [-0.39, 0.29) is 0 Å². The van der Waals surface area contributed by atoms with E-state index < -0.39 is 0 Å². The molecular weight excluding hydrogens is 264 g/mol. The lowest BCUT2D eigenvalue weighted by atomic mass is 9.92. The largest absolute Gasteiger partial charge is 0.294 e. The molecule has 3 rings (SSSR count). The minimum atomic E-state index is 0.342. The third-order valence-electron chi connectivity index (χ3n) is 3.68. The topological polar surface area (TPSA) is 24.1 Å². The van der Waals surface area contributed by atoms with E-state index >= 15 is 0 Å². The molecule has 16 heavy (non-hydrogen) atoms. The summed E-state index contributed by atoms with van der Waals surface area (Å²) in [4.78, 5) is 0.692. The summed E-state index contributed by atoms with van der Waals surface area (Å²) in [5.41, 5.74) is 1.35. The lowest BCUT2D eigenvalue weighted by molar-refractivity contribution is 0.385. The van der Waals surface area contributed by atoms with Crippen molar-refractivity contribution in [2.45, 2.75) is 42.3 Å². The number of hydrogen-bond acceptors (Lipinski definition) is 2. The highest BCUT2D eigenvalue weighted by Gasteiger charge is 2.37. The molecule has 86 valence electrons. The standard InChI is InChI=1S/C13H17BrN2/c14-10-6-7-11-12(8-10)16-13(15-11)9-4-2-1-3-5-9/h1-5,10-13,15-16H,6-8H2. The summed E-state index contributed by atoms with van der Waals surface area (Å²) in [6, 6.07) is 11.9. The average Bonchev–Trinajstić information content (AvgIpc) is 2.73. The summed E-state index contributed by atoms with van der Waals surface area (Å²) in [7, 11) is 0. The third kappa shape index (κ3) is 2.04. The van der Waals surface area contributed by atoms with Crippen LogP contribution in [0, 0.1) is 0 Å². The van der Waals surface area contributed by atoms with Crippen LogP contribution in [-0.2, 0) is 0 Å². The second kappa shape index (κ2) is 4.47. The van der Waals surface area contributed by atoms with Gasteiger partial charge in [0, 0.05) is 16.9 Å². The zero-order chi connectivity index (χ0) is 11.0. The number of halogens is 1. The van der Waals surface area contributed by atoms with Gasteiger partial charge in [0.2, 0.25) is 0 Å². The van der Waals surface area contributed by atoms with Crippen molar-refractivity contribution in [1.82, 2.24) is 10.6 Å². The fraction of sp³-hybridized carbons (Fsp3) is 0.538. The van der Waals surface area contributed by atoms with Gasteiger partial charge in [0.1, 0.15) is 0 Å². The molecule has 2 fully saturated rings. The molecule has 1 heterocycles. The number of benzene rings is 1. The van der Waals surface area contributed by atoms with Crippen LogP contribution in [0.25, 0.3) is 0 Å². The smallest absolute Gasteiger partial charge is 0.0840 e. The van der Waals surface area contributed by atoms with Crippen molar-refractivity contribution in [1.29, 1.82) is 0 Å². The molecule has 4 atom stereocenters. The second-order valence-corrected chi connectivity index (χ2v) is 6.10. The van der Waals surface area contributed by atoms with E-state index in [0.717, 1.165) is 0 Å². The zero-order valence-electron chi connectivity index (χ0n) is 9.20. The molecule has 0 radical (unpaired) electrons. The molecular formula is C13H17BrN2. The first-order valence-corrected chi connectivity index (χ1v) is 6.95. The quantitative estimate of drug-likeness (QED) is 0.773. The molecule has 2 aliphatic rings. The minimum Gasteiger partial charge on any atom is -0.294 e. The molecule has 1 saturated carbocycles. The van der Waals surface area contributed by atoms with Gasteiger partial charge in [0.25, 0.3) is 0 Å². The van der Waals surface area contributed by atoms with E-state index in [2.05, 4.69) is 56.9 Å². The first-order valence-electron chi connectivity index (χ1n) is 6.04. The summed E-state index contributed by atoms with van der Waals surface area (Å²) in [5.74, 6) is 0. The summed E-state index contributed by atoms with van der Waals surface area (Å²) in [6.07, 6.45) is 4.14. The molecule has 3 heteroatoms. The van der Waals surface area contributed by atoms with Crippen molar-refractivity contribution < 1.29 is 0 Å². The lowest BCUT2D eigenvalue weighted by Crippen LogP contribution is -2.39. The Morgan fingerprint density at radius 1 is 1.00 bits per heavy atom. The average molecular weight is 281 g/mol. The maximum atomic E-state index is 3.73. The molecule has 0 spiro atoms. The van der Waals surface area contributed by atoms with Crippen LogP contribution in [0.1, 0.15) is 31.0 Å². The fourth-order valence-corrected chi connectivity index (χ4v) is 3.48.